The summed E-state index contributed by atoms with van der Waals surface area (Å²) in [6.45, 7) is 4.02. The maximum atomic E-state index is 12.4. The van der Waals surface area contributed by atoms with Gasteiger partial charge in [0.15, 0.2) is 0 Å². The maximum absolute atomic E-state index is 12.4. The van der Waals surface area contributed by atoms with Gasteiger partial charge in [-0.3, -0.25) is 4.79 Å². The highest BCUT2D eigenvalue weighted by atomic mass is 16.5. The molecule has 0 atom stereocenters. The van der Waals surface area contributed by atoms with Crippen molar-refractivity contribution in [2.24, 2.45) is 0 Å². The number of hydrogen-bond donors (Lipinski definition) is 1. The minimum absolute atomic E-state index is 0.0867. The van der Waals surface area contributed by atoms with Gasteiger partial charge in [-0.15, -0.1) is 0 Å². The van der Waals surface area contributed by atoms with Gasteiger partial charge in [0.1, 0.15) is 5.75 Å². The van der Waals surface area contributed by atoms with Gasteiger partial charge in [-0.25, -0.2) is 0 Å². The summed E-state index contributed by atoms with van der Waals surface area (Å²) < 4.78 is 11.2. The molecule has 0 unspecified atom stereocenters. The van der Waals surface area contributed by atoms with E-state index in [1.54, 1.807) is 13.2 Å². The van der Waals surface area contributed by atoms with Gasteiger partial charge in [-0.1, -0.05) is 48.0 Å². The molecule has 1 heterocycles. The lowest BCUT2D eigenvalue weighted by Crippen LogP contribution is -2.44. The van der Waals surface area contributed by atoms with E-state index in [0.717, 1.165) is 29.7 Å². The quantitative estimate of drug-likeness (QED) is 0.790. The van der Waals surface area contributed by atoms with Crippen LogP contribution in [-0.4, -0.2) is 32.8 Å². The molecule has 0 saturated carbocycles. The summed E-state index contributed by atoms with van der Waals surface area (Å²) in [6.07, 6.45) is 5.14. The molecule has 1 aliphatic heterocycles. The third-order valence-corrected chi connectivity index (χ3v) is 5.20. The summed E-state index contributed by atoms with van der Waals surface area (Å²) >= 11 is 0. The van der Waals surface area contributed by atoms with Crippen LogP contribution in [0.2, 0.25) is 0 Å². The Morgan fingerprint density at radius 1 is 1.19 bits per heavy atom. The summed E-state index contributed by atoms with van der Waals surface area (Å²) in [5.41, 5.74) is 3.17. The van der Waals surface area contributed by atoms with Gasteiger partial charge in [-0.2, -0.15) is 0 Å². The van der Waals surface area contributed by atoms with Gasteiger partial charge < -0.3 is 14.8 Å². The average molecular weight is 365 g/mol. The standard InChI is InChI=1S/C23H27NO3/c1-18-8-10-21(26-2)20(16-18)23(12-14-27-15-13-23)17-24-22(25)11-9-19-6-4-3-5-7-19/h3-11,16H,12-15,17H2,1-2H3,(H,24,25)/b11-9+. The highest BCUT2D eigenvalue weighted by Crippen LogP contribution is 2.40. The van der Waals surface area contributed by atoms with Crippen LogP contribution in [0.15, 0.2) is 54.6 Å². The summed E-state index contributed by atoms with van der Waals surface area (Å²) in [6, 6.07) is 16.1. The zero-order chi connectivity index (χ0) is 19.1. The molecule has 2 aromatic rings. The summed E-state index contributed by atoms with van der Waals surface area (Å²) in [5.74, 6) is 0.785. The lowest BCUT2D eigenvalue weighted by molar-refractivity contribution is -0.116. The van der Waals surface area contributed by atoms with Crippen molar-refractivity contribution in [2.75, 3.05) is 26.9 Å². The van der Waals surface area contributed by atoms with Crippen LogP contribution in [-0.2, 0) is 14.9 Å². The van der Waals surface area contributed by atoms with Crippen LogP contribution in [0.25, 0.3) is 6.08 Å². The fourth-order valence-electron chi connectivity index (χ4n) is 3.59. The van der Waals surface area contributed by atoms with E-state index in [1.165, 1.54) is 5.56 Å². The molecule has 0 aromatic heterocycles. The topological polar surface area (TPSA) is 47.6 Å². The van der Waals surface area contributed by atoms with Crippen molar-refractivity contribution in [1.29, 1.82) is 0 Å². The van der Waals surface area contributed by atoms with Gasteiger partial charge in [0.2, 0.25) is 5.91 Å². The second-order valence-electron chi connectivity index (χ2n) is 7.06. The molecular formula is C23H27NO3. The Morgan fingerprint density at radius 2 is 1.93 bits per heavy atom. The van der Waals surface area contributed by atoms with Crippen LogP contribution in [0.3, 0.4) is 0 Å². The van der Waals surface area contributed by atoms with Crippen molar-refractivity contribution in [3.05, 3.63) is 71.3 Å². The van der Waals surface area contributed by atoms with Crippen LogP contribution in [0.4, 0.5) is 0 Å². The Kier molecular flexibility index (Phi) is 6.30. The van der Waals surface area contributed by atoms with Crippen LogP contribution >= 0.6 is 0 Å². The molecule has 2 aromatic carbocycles. The van der Waals surface area contributed by atoms with Crippen molar-refractivity contribution in [3.8, 4) is 5.75 Å². The Balaban J connectivity index is 1.77. The van der Waals surface area contributed by atoms with Gasteiger partial charge in [0.05, 0.1) is 7.11 Å². The van der Waals surface area contributed by atoms with Crippen molar-refractivity contribution < 1.29 is 14.3 Å². The molecule has 27 heavy (non-hydrogen) atoms. The molecule has 1 amide bonds. The number of aryl methyl sites for hydroxylation is 1. The van der Waals surface area contributed by atoms with E-state index < -0.39 is 0 Å². The SMILES string of the molecule is COc1ccc(C)cc1C1(CNC(=O)/C=C/c2ccccc2)CCOCC1. The number of carbonyl (C=O) groups excluding carboxylic acids is 1. The molecule has 4 heteroatoms. The molecule has 4 nitrogen and oxygen atoms in total. The van der Waals surface area contributed by atoms with Crippen molar-refractivity contribution in [2.45, 2.75) is 25.2 Å². The van der Waals surface area contributed by atoms with Crippen molar-refractivity contribution in [1.82, 2.24) is 5.32 Å². The molecule has 0 aliphatic carbocycles. The zero-order valence-corrected chi connectivity index (χ0v) is 16.0. The van der Waals surface area contributed by atoms with Crippen LogP contribution in [0, 0.1) is 6.92 Å². The number of hydrogen-bond acceptors (Lipinski definition) is 3. The molecule has 1 N–H and O–H groups in total. The number of amides is 1. The van der Waals surface area contributed by atoms with Crippen molar-refractivity contribution in [3.63, 3.8) is 0 Å². The minimum atomic E-state index is -0.175. The summed E-state index contributed by atoms with van der Waals surface area (Å²) in [5, 5.41) is 3.10. The normalized spacial score (nSPS) is 16.2. The fourth-order valence-corrected chi connectivity index (χ4v) is 3.59. The third kappa shape index (κ3) is 4.77. The van der Waals surface area contributed by atoms with E-state index >= 15 is 0 Å². The number of rotatable bonds is 6. The van der Waals surface area contributed by atoms with E-state index in [1.807, 2.05) is 42.5 Å². The Morgan fingerprint density at radius 3 is 2.63 bits per heavy atom. The Labute approximate surface area is 161 Å². The molecule has 0 radical (unpaired) electrons. The monoisotopic (exact) mass is 365 g/mol. The van der Waals surface area contributed by atoms with Crippen LogP contribution in [0.1, 0.15) is 29.5 Å². The maximum Gasteiger partial charge on any atom is 0.244 e. The Hall–Kier alpha value is -2.59. The number of benzene rings is 2. The first-order chi connectivity index (χ1) is 13.1. The predicted octanol–water partition coefficient (Wildman–Crippen LogP) is 3.88. The summed E-state index contributed by atoms with van der Waals surface area (Å²) in [7, 11) is 1.70. The number of methoxy groups -OCH3 is 1. The first kappa shape index (κ1) is 19.2. The largest absolute Gasteiger partial charge is 0.496 e. The highest BCUT2D eigenvalue weighted by Gasteiger charge is 2.37. The first-order valence-electron chi connectivity index (χ1n) is 9.37. The number of ether oxygens (including phenoxy) is 2. The lowest BCUT2D eigenvalue weighted by Gasteiger charge is -2.38. The second kappa shape index (κ2) is 8.87. The van der Waals surface area contributed by atoms with E-state index in [9.17, 15) is 4.79 Å². The lowest BCUT2D eigenvalue weighted by atomic mass is 9.73. The molecule has 142 valence electrons. The molecule has 1 fully saturated rings. The molecule has 3 rings (SSSR count). The molecule has 1 saturated heterocycles. The van der Waals surface area contributed by atoms with Crippen LogP contribution < -0.4 is 10.1 Å². The fraction of sp³-hybridized carbons (Fsp3) is 0.348. The minimum Gasteiger partial charge on any atom is -0.496 e. The van der Waals surface area contributed by atoms with Gasteiger partial charge in [0, 0.05) is 36.8 Å². The van der Waals surface area contributed by atoms with Gasteiger partial charge >= 0.3 is 0 Å². The molecule has 1 aliphatic rings. The number of carbonyl (C=O) groups is 1. The second-order valence-corrected chi connectivity index (χ2v) is 7.06. The third-order valence-electron chi connectivity index (χ3n) is 5.20. The van der Waals surface area contributed by atoms with E-state index in [0.29, 0.717) is 19.8 Å². The molecule has 0 spiro atoms. The average Bonchev–Trinajstić information content (AvgIpc) is 2.72. The molecule has 0 bridgehead atoms. The number of nitrogens with one attached hydrogen (secondary N) is 1. The van der Waals surface area contributed by atoms with E-state index in [-0.39, 0.29) is 11.3 Å². The van der Waals surface area contributed by atoms with Gasteiger partial charge in [0.25, 0.3) is 0 Å². The van der Waals surface area contributed by atoms with E-state index in [2.05, 4.69) is 24.4 Å². The summed E-state index contributed by atoms with van der Waals surface area (Å²) in [4.78, 5) is 12.4. The first-order valence-corrected chi connectivity index (χ1v) is 9.37. The Bertz CT molecular complexity index is 793. The zero-order valence-electron chi connectivity index (χ0n) is 16.0. The molecular weight excluding hydrogens is 338 g/mol. The smallest absolute Gasteiger partial charge is 0.244 e. The van der Waals surface area contributed by atoms with Crippen LogP contribution in [0.5, 0.6) is 5.75 Å². The highest BCUT2D eigenvalue weighted by molar-refractivity contribution is 5.91. The van der Waals surface area contributed by atoms with Crippen molar-refractivity contribution >= 4 is 12.0 Å². The van der Waals surface area contributed by atoms with Gasteiger partial charge in [-0.05, 0) is 37.5 Å². The predicted molar refractivity (Wildman–Crippen MR) is 108 cm³/mol. The van der Waals surface area contributed by atoms with E-state index in [4.69, 9.17) is 9.47 Å².